The van der Waals surface area contributed by atoms with Crippen LogP contribution in [0.3, 0.4) is 0 Å². The van der Waals surface area contributed by atoms with Crippen LogP contribution < -0.4 is 0 Å². The van der Waals surface area contributed by atoms with Gasteiger partial charge in [-0.2, -0.15) is 0 Å². The molecular formula is C24H27N3O4S. The second kappa shape index (κ2) is 11.4. The molecule has 7 nitrogen and oxygen atoms in total. The van der Waals surface area contributed by atoms with Gasteiger partial charge in [-0.15, -0.1) is 11.3 Å². The summed E-state index contributed by atoms with van der Waals surface area (Å²) in [6.07, 6.45) is 8.67. The van der Waals surface area contributed by atoms with E-state index in [1.807, 2.05) is 22.1 Å². The molecule has 0 amide bonds. The Labute approximate surface area is 191 Å². The average Bonchev–Trinajstić information content (AvgIpc) is 3.41. The Kier molecular flexibility index (Phi) is 8.33. The van der Waals surface area contributed by atoms with Crippen LogP contribution in [0, 0.1) is 10.1 Å². The fraction of sp³-hybridized carbons (Fsp3) is 0.333. The number of para-hydroxylation sites is 1. The molecule has 168 valence electrons. The van der Waals surface area contributed by atoms with Crippen molar-refractivity contribution in [3.63, 3.8) is 0 Å². The first kappa shape index (κ1) is 23.4. The molecule has 0 aliphatic carbocycles. The number of nitro groups is 1. The molecule has 1 aromatic carbocycles. The standard InChI is InChI=1S/C24H27N3O4S/c1-2-3-4-5-12-23-25-16-20(14-19(24(28)29)15-21-10-8-13-32-21)26(23)17-18-9-6-7-11-22(18)27(30)31/h6-11,13-14,16H,2-5,12,15,17H2,1H3,(H,28,29)/b19-14-. The van der Waals surface area contributed by atoms with E-state index in [0.717, 1.165) is 42.8 Å². The molecular weight excluding hydrogens is 426 g/mol. The number of nitrogens with zero attached hydrogens (tertiary/aromatic N) is 3. The van der Waals surface area contributed by atoms with Gasteiger partial charge in [-0.3, -0.25) is 10.1 Å². The summed E-state index contributed by atoms with van der Waals surface area (Å²) in [7, 11) is 0. The number of rotatable bonds is 12. The summed E-state index contributed by atoms with van der Waals surface area (Å²) in [6, 6.07) is 10.4. The van der Waals surface area contributed by atoms with Crippen LogP contribution in [0.15, 0.2) is 53.5 Å². The van der Waals surface area contributed by atoms with Gasteiger partial charge in [0.15, 0.2) is 0 Å². The van der Waals surface area contributed by atoms with E-state index >= 15 is 0 Å². The van der Waals surface area contributed by atoms with Crippen LogP contribution in [0.4, 0.5) is 5.69 Å². The molecule has 0 aliphatic rings. The Hall–Kier alpha value is -3.26. The van der Waals surface area contributed by atoms with Crippen LogP contribution in [0.1, 0.15) is 54.6 Å². The van der Waals surface area contributed by atoms with E-state index in [4.69, 9.17) is 0 Å². The van der Waals surface area contributed by atoms with Crippen LogP contribution in [-0.2, 0) is 24.2 Å². The van der Waals surface area contributed by atoms with E-state index < -0.39 is 5.97 Å². The van der Waals surface area contributed by atoms with Crippen LogP contribution in [0.25, 0.3) is 6.08 Å². The summed E-state index contributed by atoms with van der Waals surface area (Å²) in [5.74, 6) is -0.173. The number of thiophene rings is 1. The Morgan fingerprint density at radius 2 is 2.03 bits per heavy atom. The van der Waals surface area contributed by atoms with Gasteiger partial charge in [0.2, 0.25) is 0 Å². The maximum Gasteiger partial charge on any atom is 0.332 e. The van der Waals surface area contributed by atoms with Gasteiger partial charge in [0, 0.05) is 34.9 Å². The normalized spacial score (nSPS) is 11.6. The van der Waals surface area contributed by atoms with Crippen molar-refractivity contribution in [3.8, 4) is 0 Å². The number of hydrogen-bond acceptors (Lipinski definition) is 5. The first-order valence-electron chi connectivity index (χ1n) is 10.7. The molecule has 1 N–H and O–H groups in total. The predicted octanol–water partition coefficient (Wildman–Crippen LogP) is 5.73. The minimum Gasteiger partial charge on any atom is -0.478 e. The lowest BCUT2D eigenvalue weighted by molar-refractivity contribution is -0.385. The fourth-order valence-corrected chi connectivity index (χ4v) is 4.32. The number of aliphatic carboxylic acids is 1. The molecule has 3 aromatic rings. The average molecular weight is 454 g/mol. The zero-order chi connectivity index (χ0) is 22.9. The molecule has 0 fully saturated rings. The molecule has 0 aliphatic heterocycles. The van der Waals surface area contributed by atoms with Gasteiger partial charge in [-0.05, 0) is 23.9 Å². The minimum atomic E-state index is -0.985. The molecule has 3 rings (SSSR count). The van der Waals surface area contributed by atoms with Crippen LogP contribution >= 0.6 is 11.3 Å². The summed E-state index contributed by atoms with van der Waals surface area (Å²) in [6.45, 7) is 2.41. The lowest BCUT2D eigenvalue weighted by Gasteiger charge is -2.12. The van der Waals surface area contributed by atoms with Crippen molar-refractivity contribution < 1.29 is 14.8 Å². The topological polar surface area (TPSA) is 98.3 Å². The van der Waals surface area contributed by atoms with Crippen molar-refractivity contribution >= 4 is 29.1 Å². The molecule has 0 atom stereocenters. The van der Waals surface area contributed by atoms with Crippen molar-refractivity contribution in [1.82, 2.24) is 9.55 Å². The Balaban J connectivity index is 1.97. The van der Waals surface area contributed by atoms with E-state index in [1.165, 1.54) is 17.4 Å². The number of carbonyl (C=O) groups is 1. The molecule has 2 aromatic heterocycles. The van der Waals surface area contributed by atoms with Gasteiger partial charge in [-0.1, -0.05) is 50.5 Å². The van der Waals surface area contributed by atoms with E-state index in [1.54, 1.807) is 30.5 Å². The highest BCUT2D eigenvalue weighted by Crippen LogP contribution is 2.23. The molecule has 0 unspecified atom stereocenters. The third-order valence-electron chi connectivity index (χ3n) is 5.28. The number of nitro benzene ring substituents is 1. The van der Waals surface area contributed by atoms with Crippen LogP contribution in [0.5, 0.6) is 0 Å². The highest BCUT2D eigenvalue weighted by molar-refractivity contribution is 7.09. The number of carboxylic acids is 1. The molecule has 2 heterocycles. The third-order valence-corrected chi connectivity index (χ3v) is 6.16. The zero-order valence-corrected chi connectivity index (χ0v) is 18.9. The van der Waals surface area contributed by atoms with Crippen LogP contribution in [-0.4, -0.2) is 25.6 Å². The van der Waals surface area contributed by atoms with Gasteiger partial charge in [0.05, 0.1) is 23.4 Å². The quantitative estimate of drug-likeness (QED) is 0.163. The summed E-state index contributed by atoms with van der Waals surface area (Å²) in [4.78, 5) is 28.5. The lowest BCUT2D eigenvalue weighted by Crippen LogP contribution is -2.10. The van der Waals surface area contributed by atoms with Gasteiger partial charge in [0.25, 0.3) is 5.69 Å². The molecule has 32 heavy (non-hydrogen) atoms. The van der Waals surface area contributed by atoms with Crippen molar-refractivity contribution in [2.45, 2.75) is 52.0 Å². The summed E-state index contributed by atoms with van der Waals surface area (Å²) >= 11 is 1.51. The van der Waals surface area contributed by atoms with Crippen molar-refractivity contribution in [2.24, 2.45) is 0 Å². The minimum absolute atomic E-state index is 0.0464. The van der Waals surface area contributed by atoms with Crippen molar-refractivity contribution in [2.75, 3.05) is 0 Å². The number of carboxylic acid groups (broad SMARTS) is 1. The van der Waals surface area contributed by atoms with Gasteiger partial charge in [0.1, 0.15) is 5.82 Å². The zero-order valence-electron chi connectivity index (χ0n) is 18.1. The molecule has 0 radical (unpaired) electrons. The lowest BCUT2D eigenvalue weighted by atomic mass is 10.1. The Morgan fingerprint density at radius 3 is 2.72 bits per heavy atom. The Morgan fingerprint density at radius 1 is 1.22 bits per heavy atom. The number of benzene rings is 1. The van der Waals surface area contributed by atoms with E-state index in [2.05, 4.69) is 11.9 Å². The third kappa shape index (κ3) is 6.13. The summed E-state index contributed by atoms with van der Waals surface area (Å²) in [5, 5.41) is 23.2. The number of hydrogen-bond donors (Lipinski definition) is 1. The summed E-state index contributed by atoms with van der Waals surface area (Å²) < 4.78 is 1.91. The first-order valence-corrected chi connectivity index (χ1v) is 11.6. The monoisotopic (exact) mass is 453 g/mol. The van der Waals surface area contributed by atoms with Crippen molar-refractivity contribution in [3.05, 3.63) is 85.6 Å². The van der Waals surface area contributed by atoms with Crippen molar-refractivity contribution in [1.29, 1.82) is 0 Å². The second-order valence-corrected chi connectivity index (χ2v) is 8.65. The smallest absolute Gasteiger partial charge is 0.332 e. The number of aryl methyl sites for hydroxylation is 1. The highest BCUT2D eigenvalue weighted by Gasteiger charge is 2.18. The largest absolute Gasteiger partial charge is 0.478 e. The Bertz CT molecular complexity index is 1090. The SMILES string of the molecule is CCCCCCc1ncc(/C=C(/Cc2cccs2)C(=O)O)n1Cc1ccccc1[N+](=O)[O-]. The van der Waals surface area contributed by atoms with E-state index in [-0.39, 0.29) is 22.7 Å². The maximum atomic E-state index is 11.9. The van der Waals surface area contributed by atoms with E-state index in [0.29, 0.717) is 17.7 Å². The summed E-state index contributed by atoms with van der Waals surface area (Å²) in [5.41, 5.74) is 1.51. The molecule has 0 saturated carbocycles. The number of unbranched alkanes of at least 4 members (excludes halogenated alkanes) is 3. The number of imidazole rings is 1. The molecule has 8 heteroatoms. The van der Waals surface area contributed by atoms with E-state index in [9.17, 15) is 20.0 Å². The predicted molar refractivity (Wildman–Crippen MR) is 126 cm³/mol. The second-order valence-electron chi connectivity index (χ2n) is 7.61. The highest BCUT2D eigenvalue weighted by atomic mass is 32.1. The van der Waals surface area contributed by atoms with Crippen LogP contribution in [0.2, 0.25) is 0 Å². The maximum absolute atomic E-state index is 11.9. The van der Waals surface area contributed by atoms with Gasteiger partial charge < -0.3 is 9.67 Å². The van der Waals surface area contributed by atoms with Gasteiger partial charge >= 0.3 is 5.97 Å². The van der Waals surface area contributed by atoms with Gasteiger partial charge in [-0.25, -0.2) is 9.78 Å². The molecule has 0 bridgehead atoms. The fourth-order valence-electron chi connectivity index (χ4n) is 3.60. The number of aromatic nitrogens is 2. The molecule has 0 spiro atoms. The first-order chi connectivity index (χ1) is 15.5. The molecule has 0 saturated heterocycles.